The molecule has 3 N–H and O–H groups in total. The maximum atomic E-state index is 4.66. The molecular formula is C112H193N33. The van der Waals surface area contributed by atoms with Crippen LogP contribution >= 0.6 is 0 Å². The van der Waals surface area contributed by atoms with Gasteiger partial charge in [0.1, 0.15) is 122 Å². The number of nitrogens with one attached hydrogen (secondary N) is 3. The summed E-state index contributed by atoms with van der Waals surface area (Å²) in [6, 6.07) is 12.0. The molecule has 0 amide bonds. The van der Waals surface area contributed by atoms with Gasteiger partial charge in [-0.3, -0.25) is 20.0 Å². The van der Waals surface area contributed by atoms with E-state index >= 15 is 0 Å². The minimum absolute atomic E-state index is 0. The van der Waals surface area contributed by atoms with Crippen LogP contribution in [-0.4, -0.2) is 150 Å². The van der Waals surface area contributed by atoms with Crippen LogP contribution in [0.4, 0.5) is 17.5 Å². The standard InChI is InChI=1S/C12H19N3.2C12H17N3.2C11H18N4.4C11H16N4.10CH4/c1-8(2)11-5-10-6-13-7-14-12(10)15(11)9(3)4;1-8(2)12-14-10-7-13-6-5-11(10)15(12)9(3)4;1-8(2)11-14-10-6-5-7-13-12(10)15(11)9(3)4;5*1-7(2)10-14-9-5-12-6-13-11(9)15(10)8(3)4;1-7(2)10-14-9-11(13-6-5-12-9)15(10)8(3)4;;;;;;;;;;/h5,7-9H,6H2,1-4H3,(H,13,14);2*5-9H,1-4H3;2*6-8H,5H2,1-4H3,(H,12,13);4*5-8H,1-4H3;10*1H4. The number of fused-ring (bicyclic) bond motifs is 9. The van der Waals surface area contributed by atoms with Gasteiger partial charge in [-0.1, -0.05) is 199 Å². The maximum Gasteiger partial charge on any atom is 0.197 e. The van der Waals surface area contributed by atoms with Crippen molar-refractivity contribution in [2.24, 2.45) is 15.0 Å². The highest BCUT2D eigenvalue weighted by Gasteiger charge is 2.28. The van der Waals surface area contributed by atoms with Crippen molar-refractivity contribution in [1.29, 1.82) is 0 Å². The van der Waals surface area contributed by atoms with E-state index in [9.17, 15) is 0 Å². The molecular weight excluding hydrogens is 1810 g/mol. The van der Waals surface area contributed by atoms with Crippen LogP contribution in [0.15, 0.2) is 108 Å². The van der Waals surface area contributed by atoms with Crippen LogP contribution in [0.1, 0.15) is 500 Å². The maximum absolute atomic E-state index is 4.66. The van der Waals surface area contributed by atoms with Gasteiger partial charge in [0.2, 0.25) is 0 Å². The third kappa shape index (κ3) is 31.1. The van der Waals surface area contributed by atoms with E-state index in [0.717, 1.165) is 138 Å². The molecule has 15 aromatic rings. The Bertz CT molecular complexity index is 5540. The second-order valence-corrected chi connectivity index (χ2v) is 39.8. The van der Waals surface area contributed by atoms with Gasteiger partial charge in [-0.25, -0.2) is 84.7 Å². The third-order valence-corrected chi connectivity index (χ3v) is 22.7. The van der Waals surface area contributed by atoms with Crippen LogP contribution in [0, 0.1) is 0 Å². The molecule has 0 atom stereocenters. The molecule has 3 aliphatic heterocycles. The summed E-state index contributed by atoms with van der Waals surface area (Å²) in [5.41, 5.74) is 16.1. The largest absolute Gasteiger partial charge is 0.333 e. The average Bonchev–Trinajstić information content (AvgIpc) is 1.71. The molecule has 0 saturated carbocycles. The first-order valence-corrected chi connectivity index (χ1v) is 48.6. The monoisotopic (exact) mass is 2000 g/mol. The number of hydrogen-bond acceptors (Lipinski definition) is 24. The Hall–Kier alpha value is -12.5. The second kappa shape index (κ2) is 59.2. The topological polar surface area (TPSA) is 350 Å². The Kier molecular flexibility index (Phi) is 54.1. The van der Waals surface area contributed by atoms with Crippen molar-refractivity contribution >= 4 is 103 Å². The molecule has 0 unspecified atom stereocenters. The van der Waals surface area contributed by atoms with Gasteiger partial charge >= 0.3 is 0 Å². The van der Waals surface area contributed by atoms with E-state index in [1.807, 2.05) is 36.8 Å². The summed E-state index contributed by atoms with van der Waals surface area (Å²) < 4.78 is 20.1. The summed E-state index contributed by atoms with van der Waals surface area (Å²) in [5, 5.41) is 9.65. The molecule has 0 aliphatic carbocycles. The van der Waals surface area contributed by atoms with Gasteiger partial charge in [-0.05, 0) is 155 Å². The molecule has 0 fully saturated rings. The van der Waals surface area contributed by atoms with Crippen LogP contribution in [0.2, 0.25) is 0 Å². The number of imidazole rings is 8. The van der Waals surface area contributed by atoms with Gasteiger partial charge in [-0.15, -0.1) is 0 Å². The first-order valence-electron chi connectivity index (χ1n) is 48.6. The lowest BCUT2D eigenvalue weighted by Gasteiger charge is -2.20. The van der Waals surface area contributed by atoms with Crippen molar-refractivity contribution in [3.63, 3.8) is 0 Å². The van der Waals surface area contributed by atoms with Gasteiger partial charge in [0.25, 0.3) is 0 Å². The predicted molar refractivity (Wildman–Crippen MR) is 620 cm³/mol. The first kappa shape index (κ1) is 133. The highest BCUT2D eigenvalue weighted by Crippen LogP contribution is 2.36. The van der Waals surface area contributed by atoms with E-state index in [1.54, 1.807) is 69.0 Å². The molecule has 18 heterocycles. The molecule has 145 heavy (non-hydrogen) atoms. The highest BCUT2D eigenvalue weighted by molar-refractivity contribution is 5.81. The van der Waals surface area contributed by atoms with Gasteiger partial charge in [0, 0.05) is 138 Å². The van der Waals surface area contributed by atoms with Crippen molar-refractivity contribution in [1.82, 2.24) is 131 Å². The Morgan fingerprint density at radius 2 is 0.531 bits per heavy atom. The SMILES string of the molecule is C.C.C.C.C.C.C.C.C.C.CC(C)c1cc2c(n1C(C)C)NC=NC2.CC(C)c1nc2c(n1C(C)C)NC=NC2.CC(C)c1nc2c(n1C(C)C)NC=NC2.CC(C)c1nc2cccnc2n1C(C)C.CC(C)c1nc2cnccc2n1C(C)C.CC(C)c1nc2cncnc2n1C(C)C.CC(C)c1nc2cncnc2n1C(C)C.CC(C)c1nc2cncnc2n1C(C)C.CC(C)c1nc2nccnc2n1C(C)C. The minimum atomic E-state index is 0. The van der Waals surface area contributed by atoms with E-state index in [-0.39, 0.29) is 74.3 Å². The van der Waals surface area contributed by atoms with Gasteiger partial charge in [0.05, 0.1) is 69.0 Å². The van der Waals surface area contributed by atoms with Crippen molar-refractivity contribution in [2.75, 3.05) is 16.0 Å². The van der Waals surface area contributed by atoms with E-state index < -0.39 is 0 Å². The number of pyridine rings is 2. The van der Waals surface area contributed by atoms with Gasteiger partial charge in [0.15, 0.2) is 33.9 Å². The zero-order valence-electron chi connectivity index (χ0n) is 87.3. The fourth-order valence-corrected chi connectivity index (χ4v) is 16.9. The van der Waals surface area contributed by atoms with E-state index in [2.05, 4.69) is 417 Å². The molecule has 3 aliphatic rings. The summed E-state index contributed by atoms with van der Waals surface area (Å²) in [4.78, 5) is 91.4. The van der Waals surface area contributed by atoms with E-state index in [0.29, 0.717) is 121 Å². The van der Waals surface area contributed by atoms with Crippen LogP contribution in [0.25, 0.3) is 67.0 Å². The zero-order valence-corrected chi connectivity index (χ0v) is 87.3. The highest BCUT2D eigenvalue weighted by atomic mass is 15.3. The summed E-state index contributed by atoms with van der Waals surface area (Å²) in [7, 11) is 0. The van der Waals surface area contributed by atoms with E-state index in [4.69, 9.17) is 0 Å². The zero-order chi connectivity index (χ0) is 99.0. The summed E-state index contributed by atoms with van der Waals surface area (Å²) in [6.07, 6.45) is 24.2. The number of aliphatic imine (C=N–C) groups is 3. The van der Waals surface area contributed by atoms with Crippen LogP contribution in [0.3, 0.4) is 0 Å². The fraction of sp³-hybridized carbons (Fsp3) is 0.598. The fourth-order valence-electron chi connectivity index (χ4n) is 16.9. The molecule has 0 bridgehead atoms. The van der Waals surface area contributed by atoms with Crippen LogP contribution in [-0.2, 0) is 19.6 Å². The molecule has 0 radical (unpaired) electrons. The third-order valence-electron chi connectivity index (χ3n) is 22.7. The quantitative estimate of drug-likeness (QED) is 0.0718. The van der Waals surface area contributed by atoms with Crippen molar-refractivity contribution in [2.45, 2.75) is 451 Å². The predicted octanol–water partition coefficient (Wildman–Crippen LogP) is 31.0. The Balaban J connectivity index is 0.00000160. The number of rotatable bonds is 18. The lowest BCUT2D eigenvalue weighted by Crippen LogP contribution is -2.13. The summed E-state index contributed by atoms with van der Waals surface area (Å²) in [6.45, 7) is 80.3. The molecule has 18 rings (SSSR count). The molecule has 33 nitrogen and oxygen atoms in total. The molecule has 15 aromatic heterocycles. The van der Waals surface area contributed by atoms with Crippen molar-refractivity contribution in [3.05, 3.63) is 162 Å². The number of hydrogen-bond donors (Lipinski definition) is 3. The molecule has 806 valence electrons. The van der Waals surface area contributed by atoms with Gasteiger partial charge < -0.3 is 57.1 Å². The minimum Gasteiger partial charge on any atom is -0.333 e. The summed E-state index contributed by atoms with van der Waals surface area (Å²) in [5.74, 6) is 16.3. The Labute approximate surface area is 873 Å². The second-order valence-electron chi connectivity index (χ2n) is 39.8. The first-order chi connectivity index (χ1) is 64.0. The molecule has 0 aromatic carbocycles. The normalized spacial score (nSPS) is 11.9. The Morgan fingerprint density at radius 1 is 0.241 bits per heavy atom. The molecule has 33 heteroatoms. The summed E-state index contributed by atoms with van der Waals surface area (Å²) >= 11 is 0. The molecule has 0 saturated heterocycles. The van der Waals surface area contributed by atoms with Crippen LogP contribution < -0.4 is 16.0 Å². The smallest absolute Gasteiger partial charge is 0.197 e. The average molecular weight is 2000 g/mol. The number of nitrogens with zero attached hydrogens (tertiary/aromatic N) is 30. The van der Waals surface area contributed by atoms with Gasteiger partial charge in [-0.2, -0.15) is 0 Å². The molecule has 0 spiro atoms. The van der Waals surface area contributed by atoms with E-state index in [1.165, 1.54) is 22.6 Å². The van der Waals surface area contributed by atoms with Crippen molar-refractivity contribution in [3.8, 4) is 0 Å². The lowest BCUT2D eigenvalue weighted by molar-refractivity contribution is 0.556. The Morgan fingerprint density at radius 3 is 0.883 bits per heavy atom. The number of aromatic nitrogens is 27. The van der Waals surface area contributed by atoms with Crippen molar-refractivity contribution < 1.29 is 0 Å². The van der Waals surface area contributed by atoms with Crippen LogP contribution in [0.5, 0.6) is 0 Å². The number of anilines is 3. The lowest BCUT2D eigenvalue weighted by atomic mass is 10.1.